The number of aryl methyl sites for hydroxylation is 1. The van der Waals surface area contributed by atoms with E-state index in [9.17, 15) is 9.59 Å². The molecule has 0 atom stereocenters. The number of esters is 1. The molecule has 100 valence electrons. The maximum atomic E-state index is 11.6. The van der Waals surface area contributed by atoms with Crippen molar-refractivity contribution in [3.63, 3.8) is 0 Å². The smallest absolute Gasteiger partial charge is 0.358 e. The second-order valence-electron chi connectivity index (χ2n) is 4.73. The molecule has 1 aromatic heterocycles. The van der Waals surface area contributed by atoms with Crippen LogP contribution in [0.2, 0.25) is 0 Å². The molecule has 0 unspecified atom stereocenters. The highest BCUT2D eigenvalue weighted by molar-refractivity contribution is 8.00. The van der Waals surface area contributed by atoms with Crippen molar-refractivity contribution < 1.29 is 9.53 Å². The Bertz CT molecular complexity index is 477. The summed E-state index contributed by atoms with van der Waals surface area (Å²) in [5.74, 6) is 0.230. The topological polar surface area (TPSA) is 61.2 Å². The molecule has 0 radical (unpaired) electrons. The van der Waals surface area contributed by atoms with Gasteiger partial charge in [0, 0.05) is 16.6 Å². The molecule has 0 aromatic carbocycles. The van der Waals surface area contributed by atoms with E-state index in [1.165, 1.54) is 23.9 Å². The third kappa shape index (κ3) is 4.52. The molecule has 0 saturated carbocycles. The van der Waals surface area contributed by atoms with E-state index in [0.717, 1.165) is 5.75 Å². The van der Waals surface area contributed by atoms with Crippen molar-refractivity contribution in [2.24, 2.45) is 0 Å². The van der Waals surface area contributed by atoms with Crippen molar-refractivity contribution in [1.29, 1.82) is 0 Å². The fourth-order valence-corrected chi connectivity index (χ4v) is 2.14. The maximum Gasteiger partial charge on any atom is 0.358 e. The van der Waals surface area contributed by atoms with E-state index in [4.69, 9.17) is 0 Å². The van der Waals surface area contributed by atoms with Crippen LogP contribution in [-0.4, -0.2) is 33.4 Å². The molecule has 0 saturated heterocycles. The van der Waals surface area contributed by atoms with Gasteiger partial charge in [0.1, 0.15) is 0 Å². The first kappa shape index (κ1) is 14.8. The Balaban J connectivity index is 2.76. The van der Waals surface area contributed by atoms with Crippen molar-refractivity contribution in [2.45, 2.75) is 32.1 Å². The highest BCUT2D eigenvalue weighted by atomic mass is 32.2. The molecule has 0 aliphatic rings. The number of carbonyl (C=O) groups excluding carboxylic acids is 1. The van der Waals surface area contributed by atoms with Crippen LogP contribution < -0.4 is 5.56 Å². The van der Waals surface area contributed by atoms with Crippen LogP contribution in [0.5, 0.6) is 0 Å². The summed E-state index contributed by atoms with van der Waals surface area (Å²) in [6.45, 7) is 6.81. The van der Waals surface area contributed by atoms with Gasteiger partial charge in [-0.1, -0.05) is 20.8 Å². The van der Waals surface area contributed by atoms with Crippen molar-refractivity contribution in [3.05, 3.63) is 28.2 Å². The van der Waals surface area contributed by atoms with Crippen LogP contribution in [0.4, 0.5) is 0 Å². The summed E-state index contributed by atoms with van der Waals surface area (Å²) in [7, 11) is 1.29. The number of carbonyl (C=O) groups is 1. The molecule has 0 fully saturated rings. The average molecular weight is 270 g/mol. The molecule has 18 heavy (non-hydrogen) atoms. The van der Waals surface area contributed by atoms with Crippen molar-refractivity contribution >= 4 is 17.7 Å². The molecule has 5 nitrogen and oxygen atoms in total. The fraction of sp³-hybridized carbons (Fsp3) is 0.583. The van der Waals surface area contributed by atoms with Crippen LogP contribution in [0.15, 0.2) is 16.9 Å². The Hall–Kier alpha value is -1.30. The summed E-state index contributed by atoms with van der Waals surface area (Å²) >= 11 is 1.74. The van der Waals surface area contributed by atoms with Gasteiger partial charge in [0.05, 0.1) is 13.7 Å². The lowest BCUT2D eigenvalue weighted by molar-refractivity contribution is 0.0591. The monoisotopic (exact) mass is 270 g/mol. The summed E-state index contributed by atoms with van der Waals surface area (Å²) in [6.07, 6.45) is 0. The van der Waals surface area contributed by atoms with Gasteiger partial charge in [0.2, 0.25) is 0 Å². The lowest BCUT2D eigenvalue weighted by Gasteiger charge is -2.17. The van der Waals surface area contributed by atoms with Crippen LogP contribution in [0.3, 0.4) is 0 Å². The van der Waals surface area contributed by atoms with Gasteiger partial charge < -0.3 is 4.74 Å². The summed E-state index contributed by atoms with van der Waals surface area (Å²) < 4.78 is 6.01. The minimum Gasteiger partial charge on any atom is -0.464 e. The first-order valence-electron chi connectivity index (χ1n) is 5.64. The van der Waals surface area contributed by atoms with Crippen LogP contribution in [-0.2, 0) is 11.3 Å². The largest absolute Gasteiger partial charge is 0.464 e. The second-order valence-corrected chi connectivity index (χ2v) is 6.65. The standard InChI is InChI=1S/C12H18N2O3S/c1-12(2,3)18-8-7-14-10(15)6-5-9(13-14)11(16)17-4/h5-6H,7-8H2,1-4H3. The minimum atomic E-state index is -0.535. The molecule has 0 bridgehead atoms. The molecule has 1 heterocycles. The van der Waals surface area contributed by atoms with Crippen molar-refractivity contribution in [3.8, 4) is 0 Å². The van der Waals surface area contributed by atoms with Gasteiger partial charge in [-0.15, -0.1) is 0 Å². The van der Waals surface area contributed by atoms with Crippen LogP contribution in [0, 0.1) is 0 Å². The number of rotatable bonds is 4. The van der Waals surface area contributed by atoms with Gasteiger partial charge in [-0.05, 0) is 6.07 Å². The predicted molar refractivity (Wildman–Crippen MR) is 72.0 cm³/mol. The van der Waals surface area contributed by atoms with E-state index < -0.39 is 5.97 Å². The molecule has 6 heteroatoms. The minimum absolute atomic E-state index is 0.142. The first-order valence-corrected chi connectivity index (χ1v) is 6.62. The zero-order chi connectivity index (χ0) is 13.8. The van der Waals surface area contributed by atoms with Gasteiger partial charge in [-0.2, -0.15) is 16.9 Å². The Labute approximate surface area is 111 Å². The van der Waals surface area contributed by atoms with Crippen LogP contribution >= 0.6 is 11.8 Å². The normalized spacial score (nSPS) is 11.3. The Morgan fingerprint density at radius 3 is 2.67 bits per heavy atom. The van der Waals surface area contributed by atoms with E-state index in [0.29, 0.717) is 6.54 Å². The highest BCUT2D eigenvalue weighted by Gasteiger charge is 2.12. The van der Waals surface area contributed by atoms with Gasteiger partial charge >= 0.3 is 5.97 Å². The quantitative estimate of drug-likeness (QED) is 0.777. The lowest BCUT2D eigenvalue weighted by atomic mass is 10.3. The molecular formula is C12H18N2O3S. The van der Waals surface area contributed by atoms with Crippen molar-refractivity contribution in [1.82, 2.24) is 9.78 Å². The number of hydrogen-bond acceptors (Lipinski definition) is 5. The summed E-state index contributed by atoms with van der Waals surface area (Å²) in [5, 5.41) is 3.98. The molecule has 0 spiro atoms. The third-order valence-corrected chi connectivity index (χ3v) is 3.35. The van der Waals surface area contributed by atoms with Gasteiger partial charge in [-0.25, -0.2) is 9.48 Å². The highest BCUT2D eigenvalue weighted by Crippen LogP contribution is 2.22. The molecule has 0 amide bonds. The molecular weight excluding hydrogens is 252 g/mol. The number of nitrogens with zero attached hydrogens (tertiary/aromatic N) is 2. The SMILES string of the molecule is COC(=O)c1ccc(=O)n(CCSC(C)(C)C)n1. The Morgan fingerprint density at radius 2 is 2.11 bits per heavy atom. The van der Waals surface area contributed by atoms with Gasteiger partial charge in [0.15, 0.2) is 5.69 Å². The molecule has 0 aliphatic carbocycles. The second kappa shape index (κ2) is 6.04. The summed E-state index contributed by atoms with van der Waals surface area (Å²) in [4.78, 5) is 22.9. The van der Waals surface area contributed by atoms with E-state index in [2.05, 4.69) is 30.6 Å². The molecule has 0 aliphatic heterocycles. The zero-order valence-corrected chi connectivity index (χ0v) is 11.9. The number of aromatic nitrogens is 2. The van der Waals surface area contributed by atoms with Gasteiger partial charge in [0.25, 0.3) is 5.56 Å². The van der Waals surface area contributed by atoms with E-state index in [1.54, 1.807) is 11.8 Å². The van der Waals surface area contributed by atoms with Crippen LogP contribution in [0.25, 0.3) is 0 Å². The summed E-state index contributed by atoms with van der Waals surface area (Å²) in [5.41, 5.74) is -0.0602. The van der Waals surface area contributed by atoms with Crippen molar-refractivity contribution in [2.75, 3.05) is 12.9 Å². The van der Waals surface area contributed by atoms with Crippen LogP contribution in [0.1, 0.15) is 31.3 Å². The van der Waals surface area contributed by atoms with Gasteiger partial charge in [-0.3, -0.25) is 4.79 Å². The number of hydrogen-bond donors (Lipinski definition) is 0. The Morgan fingerprint density at radius 1 is 1.44 bits per heavy atom. The number of ether oxygens (including phenoxy) is 1. The third-order valence-electron chi connectivity index (χ3n) is 2.10. The average Bonchev–Trinajstić information content (AvgIpc) is 2.29. The number of methoxy groups -OCH3 is 1. The molecule has 1 rings (SSSR count). The zero-order valence-electron chi connectivity index (χ0n) is 11.1. The summed E-state index contributed by atoms with van der Waals surface area (Å²) in [6, 6.07) is 2.71. The maximum absolute atomic E-state index is 11.6. The Kier molecular flexibility index (Phi) is 4.95. The first-order chi connectivity index (χ1) is 8.33. The number of thioether (sulfide) groups is 1. The fourth-order valence-electron chi connectivity index (χ4n) is 1.26. The van der Waals surface area contributed by atoms with E-state index in [1.807, 2.05) is 0 Å². The molecule has 0 N–H and O–H groups in total. The van der Waals surface area contributed by atoms with E-state index in [-0.39, 0.29) is 16.0 Å². The predicted octanol–water partition coefficient (Wildman–Crippen LogP) is 1.56. The van der Waals surface area contributed by atoms with E-state index >= 15 is 0 Å². The molecule has 1 aromatic rings. The lowest BCUT2D eigenvalue weighted by Crippen LogP contribution is -2.26.